The average Bonchev–Trinajstić information content (AvgIpc) is 3.15. The Labute approximate surface area is 114 Å². The van der Waals surface area contributed by atoms with E-state index in [0.29, 0.717) is 0 Å². The standard InChI is InChI=1S/C13H13N5S/c1-2-9-8-5-6-18-12(10-4-3-7-19-10)16-17-13(18)11(8)15-14-9/h3-4,7H,2,5-6H2,1H3,(H,14,15). The summed E-state index contributed by atoms with van der Waals surface area (Å²) in [5, 5.41) is 18.3. The zero-order valence-corrected chi connectivity index (χ0v) is 11.4. The van der Waals surface area contributed by atoms with Gasteiger partial charge < -0.3 is 4.57 Å². The Hall–Kier alpha value is -1.95. The number of thiophene rings is 1. The summed E-state index contributed by atoms with van der Waals surface area (Å²) >= 11 is 1.69. The molecule has 3 aromatic heterocycles. The van der Waals surface area contributed by atoms with Crippen LogP contribution in [0.15, 0.2) is 17.5 Å². The molecule has 0 saturated heterocycles. The number of hydrogen-bond donors (Lipinski definition) is 1. The first-order valence-electron chi connectivity index (χ1n) is 6.42. The monoisotopic (exact) mass is 271 g/mol. The van der Waals surface area contributed by atoms with E-state index < -0.39 is 0 Å². The van der Waals surface area contributed by atoms with Crippen molar-refractivity contribution in [3.05, 3.63) is 28.8 Å². The van der Waals surface area contributed by atoms with E-state index in [1.165, 1.54) is 11.3 Å². The van der Waals surface area contributed by atoms with E-state index in [1.54, 1.807) is 11.3 Å². The molecule has 0 atom stereocenters. The third kappa shape index (κ3) is 1.49. The Kier molecular flexibility index (Phi) is 2.32. The van der Waals surface area contributed by atoms with Crippen LogP contribution in [0, 0.1) is 0 Å². The van der Waals surface area contributed by atoms with E-state index in [0.717, 1.165) is 41.6 Å². The number of aryl methyl sites for hydroxylation is 1. The number of H-pyrrole nitrogens is 1. The van der Waals surface area contributed by atoms with Gasteiger partial charge in [-0.2, -0.15) is 5.10 Å². The van der Waals surface area contributed by atoms with Crippen LogP contribution < -0.4 is 0 Å². The van der Waals surface area contributed by atoms with Gasteiger partial charge in [0, 0.05) is 17.8 Å². The molecule has 5 nitrogen and oxygen atoms in total. The molecule has 1 aliphatic rings. The lowest BCUT2D eigenvalue weighted by Crippen LogP contribution is -2.12. The normalized spacial score (nSPS) is 13.3. The second kappa shape index (κ2) is 4.03. The van der Waals surface area contributed by atoms with Crippen LogP contribution in [-0.2, 0) is 19.4 Å². The van der Waals surface area contributed by atoms with Gasteiger partial charge in [-0.15, -0.1) is 21.5 Å². The first-order chi connectivity index (χ1) is 9.38. The molecule has 0 spiro atoms. The third-order valence-corrected chi connectivity index (χ3v) is 4.46. The van der Waals surface area contributed by atoms with E-state index in [-0.39, 0.29) is 0 Å². The molecular weight excluding hydrogens is 258 g/mol. The lowest BCUT2D eigenvalue weighted by molar-refractivity contribution is 0.684. The summed E-state index contributed by atoms with van der Waals surface area (Å²) in [5.41, 5.74) is 3.50. The average molecular weight is 271 g/mol. The van der Waals surface area contributed by atoms with Gasteiger partial charge in [-0.3, -0.25) is 5.10 Å². The SMILES string of the molecule is CCc1[nH]nc2c1CCn1c(-c3cccs3)nnc1-2. The predicted molar refractivity (Wildman–Crippen MR) is 74.0 cm³/mol. The van der Waals surface area contributed by atoms with Crippen molar-refractivity contribution < 1.29 is 0 Å². The Balaban J connectivity index is 1.89. The highest BCUT2D eigenvalue weighted by Crippen LogP contribution is 2.33. The van der Waals surface area contributed by atoms with Gasteiger partial charge in [0.25, 0.3) is 0 Å². The first kappa shape index (κ1) is 10.9. The van der Waals surface area contributed by atoms with Gasteiger partial charge in [-0.25, -0.2) is 0 Å². The number of fused-ring (bicyclic) bond motifs is 3. The molecule has 0 fully saturated rings. The highest BCUT2D eigenvalue weighted by Gasteiger charge is 2.26. The topological polar surface area (TPSA) is 59.4 Å². The Morgan fingerprint density at radius 2 is 2.26 bits per heavy atom. The Bertz CT molecular complexity index is 722. The van der Waals surface area contributed by atoms with Crippen molar-refractivity contribution in [2.75, 3.05) is 0 Å². The third-order valence-electron chi connectivity index (χ3n) is 3.60. The van der Waals surface area contributed by atoms with Gasteiger partial charge in [0.05, 0.1) is 4.88 Å². The summed E-state index contributed by atoms with van der Waals surface area (Å²) in [5.74, 6) is 1.84. The first-order valence-corrected chi connectivity index (χ1v) is 7.30. The number of hydrogen-bond acceptors (Lipinski definition) is 4. The second-order valence-electron chi connectivity index (χ2n) is 4.61. The molecule has 1 aliphatic heterocycles. The summed E-state index contributed by atoms with van der Waals surface area (Å²) in [4.78, 5) is 1.16. The van der Waals surface area contributed by atoms with Crippen molar-refractivity contribution >= 4 is 11.3 Å². The second-order valence-corrected chi connectivity index (χ2v) is 5.56. The minimum atomic E-state index is 0.889. The molecule has 0 amide bonds. The lowest BCUT2D eigenvalue weighted by atomic mass is 10.0. The zero-order chi connectivity index (χ0) is 12.8. The van der Waals surface area contributed by atoms with Gasteiger partial charge in [0.15, 0.2) is 11.6 Å². The molecule has 6 heteroatoms. The minimum absolute atomic E-state index is 0.889. The van der Waals surface area contributed by atoms with Crippen molar-refractivity contribution in [3.63, 3.8) is 0 Å². The molecule has 1 N–H and O–H groups in total. The fourth-order valence-electron chi connectivity index (χ4n) is 2.65. The van der Waals surface area contributed by atoms with Crippen LogP contribution in [0.1, 0.15) is 18.2 Å². The number of nitrogens with one attached hydrogen (secondary N) is 1. The van der Waals surface area contributed by atoms with Crippen LogP contribution >= 0.6 is 11.3 Å². The van der Waals surface area contributed by atoms with Crippen molar-refractivity contribution in [2.24, 2.45) is 0 Å². The summed E-state index contributed by atoms with van der Waals surface area (Å²) in [7, 11) is 0. The Morgan fingerprint density at radius 1 is 1.37 bits per heavy atom. The molecule has 0 bridgehead atoms. The number of nitrogens with zero attached hydrogens (tertiary/aromatic N) is 4. The van der Waals surface area contributed by atoms with Crippen molar-refractivity contribution in [2.45, 2.75) is 26.3 Å². The van der Waals surface area contributed by atoms with Crippen LogP contribution in [-0.4, -0.2) is 25.0 Å². The van der Waals surface area contributed by atoms with Crippen molar-refractivity contribution in [1.29, 1.82) is 0 Å². The van der Waals surface area contributed by atoms with E-state index >= 15 is 0 Å². The smallest absolute Gasteiger partial charge is 0.185 e. The Morgan fingerprint density at radius 3 is 3.05 bits per heavy atom. The molecule has 0 unspecified atom stereocenters. The van der Waals surface area contributed by atoms with Crippen molar-refractivity contribution in [1.82, 2.24) is 25.0 Å². The van der Waals surface area contributed by atoms with Gasteiger partial charge in [0.2, 0.25) is 0 Å². The number of aromatic amines is 1. The highest BCUT2D eigenvalue weighted by molar-refractivity contribution is 7.13. The molecule has 0 radical (unpaired) electrons. The van der Waals surface area contributed by atoms with Crippen LogP contribution in [0.2, 0.25) is 0 Å². The quantitative estimate of drug-likeness (QED) is 0.779. The molecule has 19 heavy (non-hydrogen) atoms. The van der Waals surface area contributed by atoms with E-state index in [1.807, 2.05) is 6.07 Å². The van der Waals surface area contributed by atoms with Crippen LogP contribution in [0.5, 0.6) is 0 Å². The van der Waals surface area contributed by atoms with E-state index in [9.17, 15) is 0 Å². The molecule has 0 saturated carbocycles. The molecule has 3 aromatic rings. The molecule has 0 aliphatic carbocycles. The van der Waals surface area contributed by atoms with Gasteiger partial charge >= 0.3 is 0 Å². The molecule has 96 valence electrons. The van der Waals surface area contributed by atoms with Gasteiger partial charge in [-0.05, 0) is 24.3 Å². The van der Waals surface area contributed by atoms with E-state index in [2.05, 4.69) is 43.3 Å². The summed E-state index contributed by atoms with van der Waals surface area (Å²) in [6.07, 6.45) is 1.98. The fraction of sp³-hybridized carbons (Fsp3) is 0.308. The van der Waals surface area contributed by atoms with Crippen LogP contribution in [0.25, 0.3) is 22.2 Å². The molecule has 4 rings (SSSR count). The largest absolute Gasteiger partial charge is 0.305 e. The van der Waals surface area contributed by atoms with Gasteiger partial charge in [0.1, 0.15) is 5.69 Å². The lowest BCUT2D eigenvalue weighted by Gasteiger charge is -2.14. The van der Waals surface area contributed by atoms with E-state index in [4.69, 9.17) is 0 Å². The summed E-state index contributed by atoms with van der Waals surface area (Å²) < 4.78 is 2.18. The molecular formula is C13H13N5S. The fourth-order valence-corrected chi connectivity index (χ4v) is 3.37. The summed E-state index contributed by atoms with van der Waals surface area (Å²) in [6, 6.07) is 4.12. The maximum absolute atomic E-state index is 4.42. The maximum atomic E-state index is 4.42. The molecule has 0 aromatic carbocycles. The van der Waals surface area contributed by atoms with Crippen LogP contribution in [0.4, 0.5) is 0 Å². The zero-order valence-electron chi connectivity index (χ0n) is 10.6. The predicted octanol–water partition coefficient (Wildman–Crippen LogP) is 2.52. The molecule has 4 heterocycles. The highest BCUT2D eigenvalue weighted by atomic mass is 32.1. The van der Waals surface area contributed by atoms with Gasteiger partial charge in [-0.1, -0.05) is 13.0 Å². The van der Waals surface area contributed by atoms with Crippen LogP contribution in [0.3, 0.4) is 0 Å². The summed E-state index contributed by atoms with van der Waals surface area (Å²) in [6.45, 7) is 3.07. The van der Waals surface area contributed by atoms with Crippen molar-refractivity contribution in [3.8, 4) is 22.2 Å². The minimum Gasteiger partial charge on any atom is -0.305 e. The number of rotatable bonds is 2. The number of aromatic nitrogens is 5. The maximum Gasteiger partial charge on any atom is 0.185 e.